The van der Waals surface area contributed by atoms with Crippen LogP contribution in [0.1, 0.15) is 17.7 Å². The Morgan fingerprint density at radius 3 is 2.60 bits per heavy atom. The van der Waals surface area contributed by atoms with Gasteiger partial charge in [-0.2, -0.15) is 0 Å². The van der Waals surface area contributed by atoms with Crippen LogP contribution in [0.25, 0.3) is 0 Å². The first kappa shape index (κ1) is 22.3. The van der Waals surface area contributed by atoms with Crippen LogP contribution in [-0.4, -0.2) is 26.4 Å². The number of halogens is 1. The minimum atomic E-state index is -3.75. The number of anilines is 2. The molecule has 1 heterocycles. The van der Waals surface area contributed by atoms with E-state index in [-0.39, 0.29) is 22.4 Å². The number of carbonyl (C=O) groups excluding carboxylic acids is 1. The van der Waals surface area contributed by atoms with Crippen LogP contribution in [-0.2, 0) is 21.2 Å². The number of ether oxygens (including phenoxy) is 1. The van der Waals surface area contributed by atoms with Gasteiger partial charge < -0.3 is 10.1 Å². The predicted molar refractivity (Wildman–Crippen MR) is 122 cm³/mol. The summed E-state index contributed by atoms with van der Waals surface area (Å²) in [5, 5.41) is 4.87. The molecule has 3 rings (SSSR count). The summed E-state index contributed by atoms with van der Waals surface area (Å²) in [6.45, 7) is 1.92. The molecule has 1 amide bonds. The normalized spacial score (nSPS) is 11.2. The van der Waals surface area contributed by atoms with E-state index in [9.17, 15) is 13.2 Å². The highest BCUT2D eigenvalue weighted by atomic mass is 79.9. The van der Waals surface area contributed by atoms with Crippen molar-refractivity contribution in [2.24, 2.45) is 0 Å². The van der Waals surface area contributed by atoms with Crippen molar-refractivity contribution in [3.8, 4) is 5.75 Å². The van der Waals surface area contributed by atoms with Crippen LogP contribution in [0, 0.1) is 6.92 Å². The molecule has 7 nitrogen and oxygen atoms in total. The molecule has 30 heavy (non-hydrogen) atoms. The number of carbonyl (C=O) groups is 1. The second kappa shape index (κ2) is 9.59. The van der Waals surface area contributed by atoms with E-state index >= 15 is 0 Å². The second-order valence-corrected chi connectivity index (χ2v) is 9.89. The Morgan fingerprint density at radius 2 is 1.93 bits per heavy atom. The topological polar surface area (TPSA) is 97.4 Å². The number of amides is 1. The third kappa shape index (κ3) is 5.80. The highest BCUT2D eigenvalue weighted by molar-refractivity contribution is 9.10. The van der Waals surface area contributed by atoms with Gasteiger partial charge in [-0.05, 0) is 61.4 Å². The molecule has 0 aliphatic rings. The minimum Gasteiger partial charge on any atom is -0.497 e. The lowest BCUT2D eigenvalue weighted by molar-refractivity contribution is -0.116. The maximum Gasteiger partial charge on any atom is 0.263 e. The average molecular weight is 510 g/mol. The SMILES string of the molecule is COc1ccc(S(=O)(=O)Nc2nc(CCC(=O)Nc3ccc(Br)cc3C)cs2)cc1. The van der Waals surface area contributed by atoms with Crippen molar-refractivity contribution in [2.75, 3.05) is 17.1 Å². The largest absolute Gasteiger partial charge is 0.497 e. The monoisotopic (exact) mass is 509 g/mol. The molecule has 0 aliphatic carbocycles. The standard InChI is InChI=1S/C20H20BrN3O4S2/c1-13-11-14(21)3-9-18(13)23-19(25)10-4-15-12-29-20(22-15)24-30(26,27)17-7-5-16(28-2)6-8-17/h3,5-9,11-12H,4,10H2,1-2H3,(H,22,24)(H,23,25). The van der Waals surface area contributed by atoms with Crippen LogP contribution in [0.3, 0.4) is 0 Å². The van der Waals surface area contributed by atoms with E-state index in [2.05, 4.69) is 31.0 Å². The van der Waals surface area contributed by atoms with Gasteiger partial charge in [-0.15, -0.1) is 11.3 Å². The molecule has 2 N–H and O–H groups in total. The number of hydrogen-bond donors (Lipinski definition) is 2. The molecule has 0 saturated heterocycles. The van der Waals surface area contributed by atoms with Gasteiger partial charge in [-0.25, -0.2) is 13.4 Å². The molecule has 10 heteroatoms. The average Bonchev–Trinajstić information content (AvgIpc) is 3.15. The van der Waals surface area contributed by atoms with Crippen molar-refractivity contribution in [3.63, 3.8) is 0 Å². The second-order valence-electron chi connectivity index (χ2n) is 6.43. The molecule has 0 saturated carbocycles. The molecular weight excluding hydrogens is 490 g/mol. The first-order chi connectivity index (χ1) is 14.3. The predicted octanol–water partition coefficient (Wildman–Crippen LogP) is 4.59. The number of methoxy groups -OCH3 is 1. The van der Waals surface area contributed by atoms with Crippen molar-refractivity contribution >= 4 is 54.0 Å². The lowest BCUT2D eigenvalue weighted by Crippen LogP contribution is -2.14. The molecular formula is C20H20BrN3O4S2. The van der Waals surface area contributed by atoms with Crippen LogP contribution in [0.15, 0.2) is 57.2 Å². The first-order valence-electron chi connectivity index (χ1n) is 8.94. The van der Waals surface area contributed by atoms with E-state index in [1.807, 2.05) is 25.1 Å². The zero-order valence-electron chi connectivity index (χ0n) is 16.3. The third-order valence-corrected chi connectivity index (χ3v) is 7.00. The van der Waals surface area contributed by atoms with Gasteiger partial charge in [0.1, 0.15) is 5.75 Å². The van der Waals surface area contributed by atoms with Gasteiger partial charge in [0.05, 0.1) is 17.7 Å². The zero-order valence-corrected chi connectivity index (χ0v) is 19.5. The van der Waals surface area contributed by atoms with Gasteiger partial charge in [0, 0.05) is 22.0 Å². The van der Waals surface area contributed by atoms with Gasteiger partial charge in [0.2, 0.25) is 5.91 Å². The molecule has 0 radical (unpaired) electrons. The van der Waals surface area contributed by atoms with Crippen LogP contribution < -0.4 is 14.8 Å². The van der Waals surface area contributed by atoms with E-state index in [0.29, 0.717) is 17.9 Å². The quantitative estimate of drug-likeness (QED) is 0.462. The Balaban J connectivity index is 1.57. The van der Waals surface area contributed by atoms with Crippen LogP contribution in [0.2, 0.25) is 0 Å². The molecule has 158 valence electrons. The molecule has 0 unspecified atom stereocenters. The molecule has 1 aromatic heterocycles. The summed E-state index contributed by atoms with van der Waals surface area (Å²) < 4.78 is 33.4. The third-order valence-electron chi connectivity index (χ3n) is 4.21. The Labute approximate surface area is 187 Å². The fraction of sp³-hybridized carbons (Fsp3) is 0.200. The number of nitrogens with one attached hydrogen (secondary N) is 2. The van der Waals surface area contributed by atoms with Gasteiger partial charge >= 0.3 is 0 Å². The van der Waals surface area contributed by atoms with E-state index < -0.39 is 10.0 Å². The van der Waals surface area contributed by atoms with Gasteiger partial charge in [-0.1, -0.05) is 15.9 Å². The maximum absolute atomic E-state index is 12.5. The number of rotatable bonds is 8. The summed E-state index contributed by atoms with van der Waals surface area (Å²) in [5.74, 6) is 0.441. The van der Waals surface area contributed by atoms with E-state index in [1.165, 1.54) is 30.6 Å². The molecule has 2 aromatic carbocycles. The molecule has 3 aromatic rings. The minimum absolute atomic E-state index is 0.115. The van der Waals surface area contributed by atoms with Crippen LogP contribution in [0.5, 0.6) is 5.75 Å². The van der Waals surface area contributed by atoms with Gasteiger partial charge in [0.15, 0.2) is 5.13 Å². The summed E-state index contributed by atoms with van der Waals surface area (Å²) in [4.78, 5) is 16.6. The van der Waals surface area contributed by atoms with Crippen molar-refractivity contribution in [3.05, 3.63) is 63.6 Å². The summed E-state index contributed by atoms with van der Waals surface area (Å²) in [6.07, 6.45) is 0.645. The number of aromatic nitrogens is 1. The molecule has 0 bridgehead atoms. The van der Waals surface area contributed by atoms with Gasteiger partial charge in [0.25, 0.3) is 10.0 Å². The maximum atomic E-state index is 12.5. The number of hydrogen-bond acceptors (Lipinski definition) is 6. The Hall–Kier alpha value is -2.43. The van der Waals surface area contributed by atoms with Crippen LogP contribution >= 0.6 is 27.3 Å². The number of thiazole rings is 1. The summed E-state index contributed by atoms with van der Waals surface area (Å²) >= 11 is 4.57. The zero-order chi connectivity index (χ0) is 21.7. The highest BCUT2D eigenvalue weighted by Crippen LogP contribution is 2.23. The Morgan fingerprint density at radius 1 is 1.20 bits per heavy atom. The molecule has 0 atom stereocenters. The van der Waals surface area contributed by atoms with E-state index in [4.69, 9.17) is 4.74 Å². The molecule has 0 spiro atoms. The van der Waals surface area contributed by atoms with Crippen LogP contribution in [0.4, 0.5) is 10.8 Å². The Bertz CT molecular complexity index is 1150. The lowest BCUT2D eigenvalue weighted by atomic mass is 10.2. The number of nitrogens with zero attached hydrogens (tertiary/aromatic N) is 1. The molecule has 0 aliphatic heterocycles. The van der Waals surface area contributed by atoms with Gasteiger partial charge in [-0.3, -0.25) is 9.52 Å². The molecule has 0 fully saturated rings. The van der Waals surface area contributed by atoms with Crippen molar-refractivity contribution in [2.45, 2.75) is 24.7 Å². The van der Waals surface area contributed by atoms with Crippen molar-refractivity contribution < 1.29 is 17.9 Å². The lowest BCUT2D eigenvalue weighted by Gasteiger charge is -2.08. The smallest absolute Gasteiger partial charge is 0.263 e. The number of aryl methyl sites for hydroxylation is 2. The fourth-order valence-electron chi connectivity index (χ4n) is 2.62. The fourth-order valence-corrected chi connectivity index (χ4v) is 5.09. The summed E-state index contributed by atoms with van der Waals surface area (Å²) in [7, 11) is -2.23. The Kier molecular flexibility index (Phi) is 7.11. The number of sulfonamides is 1. The van der Waals surface area contributed by atoms with Crippen molar-refractivity contribution in [1.82, 2.24) is 4.98 Å². The van der Waals surface area contributed by atoms with Crippen molar-refractivity contribution in [1.29, 1.82) is 0 Å². The first-order valence-corrected chi connectivity index (χ1v) is 12.1. The number of benzene rings is 2. The highest BCUT2D eigenvalue weighted by Gasteiger charge is 2.16. The van der Waals surface area contributed by atoms with E-state index in [0.717, 1.165) is 15.7 Å². The van der Waals surface area contributed by atoms with E-state index in [1.54, 1.807) is 17.5 Å². The summed E-state index contributed by atoms with van der Waals surface area (Å²) in [5.41, 5.74) is 2.37. The summed E-state index contributed by atoms with van der Waals surface area (Å²) in [6, 6.07) is 11.7.